The molecular weight excluding hydrogens is 282 g/mol. The fraction of sp³-hybridized carbons (Fsp3) is 0.455. The molecular formula is C11H11BrF2O2. The van der Waals surface area contributed by atoms with Crippen LogP contribution in [0.25, 0.3) is 0 Å². The van der Waals surface area contributed by atoms with Crippen LogP contribution in [0.5, 0.6) is 5.75 Å². The van der Waals surface area contributed by atoms with Crippen molar-refractivity contribution in [2.45, 2.75) is 24.9 Å². The standard InChI is InChI=1S/C11H11BrF2O2/c1-16-10-6(5-11(15)2-3-11)9(14)8(13)4-7(10)12/h4,15H,2-3,5H2,1H3. The summed E-state index contributed by atoms with van der Waals surface area (Å²) >= 11 is 3.11. The molecule has 0 saturated heterocycles. The molecule has 1 aliphatic carbocycles. The first-order valence-corrected chi connectivity index (χ1v) is 5.69. The zero-order chi connectivity index (χ0) is 11.9. The molecule has 0 aliphatic heterocycles. The maximum Gasteiger partial charge on any atom is 0.165 e. The Morgan fingerprint density at radius 2 is 2.12 bits per heavy atom. The van der Waals surface area contributed by atoms with Gasteiger partial charge in [-0.1, -0.05) is 0 Å². The lowest BCUT2D eigenvalue weighted by molar-refractivity contribution is 0.148. The predicted octanol–water partition coefficient (Wildman–Crippen LogP) is 2.80. The fourth-order valence-corrected chi connectivity index (χ4v) is 2.26. The number of aliphatic hydroxyl groups is 1. The third-order valence-electron chi connectivity index (χ3n) is 2.76. The van der Waals surface area contributed by atoms with Crippen LogP contribution in [-0.2, 0) is 6.42 Å². The summed E-state index contributed by atoms with van der Waals surface area (Å²) in [5.41, 5.74) is -0.796. The monoisotopic (exact) mass is 292 g/mol. The second-order valence-electron chi connectivity index (χ2n) is 4.07. The molecule has 5 heteroatoms. The van der Waals surface area contributed by atoms with Crippen molar-refractivity contribution >= 4 is 15.9 Å². The van der Waals surface area contributed by atoms with E-state index >= 15 is 0 Å². The van der Waals surface area contributed by atoms with Crippen LogP contribution in [0.1, 0.15) is 18.4 Å². The van der Waals surface area contributed by atoms with Crippen LogP contribution in [0, 0.1) is 11.6 Å². The van der Waals surface area contributed by atoms with Crippen molar-refractivity contribution in [1.29, 1.82) is 0 Å². The molecule has 2 nitrogen and oxygen atoms in total. The van der Waals surface area contributed by atoms with Gasteiger partial charge in [0.1, 0.15) is 5.75 Å². The Morgan fingerprint density at radius 3 is 2.62 bits per heavy atom. The fourth-order valence-electron chi connectivity index (χ4n) is 1.66. The Balaban J connectivity index is 2.47. The zero-order valence-corrected chi connectivity index (χ0v) is 10.3. The van der Waals surface area contributed by atoms with Gasteiger partial charge >= 0.3 is 0 Å². The highest BCUT2D eigenvalue weighted by atomic mass is 79.9. The van der Waals surface area contributed by atoms with Crippen molar-refractivity contribution in [2.75, 3.05) is 7.11 Å². The molecule has 2 rings (SSSR count). The smallest absolute Gasteiger partial charge is 0.165 e. The number of ether oxygens (including phenoxy) is 1. The zero-order valence-electron chi connectivity index (χ0n) is 8.69. The van der Waals surface area contributed by atoms with E-state index in [1.807, 2.05) is 0 Å². The largest absolute Gasteiger partial charge is 0.495 e. The summed E-state index contributed by atoms with van der Waals surface area (Å²) in [5.74, 6) is -1.63. The number of hydrogen-bond acceptors (Lipinski definition) is 2. The minimum atomic E-state index is -0.944. The number of rotatable bonds is 3. The maximum atomic E-state index is 13.6. The molecule has 0 unspecified atom stereocenters. The van der Waals surface area contributed by atoms with Gasteiger partial charge in [0.25, 0.3) is 0 Å². The molecule has 1 aliphatic rings. The van der Waals surface area contributed by atoms with Crippen LogP contribution in [0.15, 0.2) is 10.5 Å². The summed E-state index contributed by atoms with van der Waals surface area (Å²) in [6, 6.07) is 1.02. The maximum absolute atomic E-state index is 13.6. The van der Waals surface area contributed by atoms with E-state index in [0.29, 0.717) is 17.3 Å². The summed E-state index contributed by atoms with van der Waals surface area (Å²) in [5, 5.41) is 9.75. The normalized spacial score (nSPS) is 17.3. The molecule has 1 N–H and O–H groups in total. The Hall–Kier alpha value is -0.680. The van der Waals surface area contributed by atoms with Crippen LogP contribution in [0.2, 0.25) is 0 Å². The van der Waals surface area contributed by atoms with Crippen LogP contribution < -0.4 is 4.74 Å². The van der Waals surface area contributed by atoms with Gasteiger partial charge in [0.15, 0.2) is 11.6 Å². The van der Waals surface area contributed by atoms with Crippen molar-refractivity contribution in [2.24, 2.45) is 0 Å². The first-order valence-electron chi connectivity index (χ1n) is 4.89. The lowest BCUT2D eigenvalue weighted by atomic mass is 10.0. The second-order valence-corrected chi connectivity index (χ2v) is 4.92. The third-order valence-corrected chi connectivity index (χ3v) is 3.35. The van der Waals surface area contributed by atoms with E-state index < -0.39 is 17.2 Å². The highest BCUT2D eigenvalue weighted by Gasteiger charge is 2.42. The SMILES string of the molecule is COc1c(Br)cc(F)c(F)c1CC1(O)CC1. The van der Waals surface area contributed by atoms with E-state index in [-0.39, 0.29) is 17.7 Å². The van der Waals surface area contributed by atoms with E-state index in [1.165, 1.54) is 7.11 Å². The van der Waals surface area contributed by atoms with Crippen LogP contribution in [0.4, 0.5) is 8.78 Å². The van der Waals surface area contributed by atoms with Crippen LogP contribution in [0.3, 0.4) is 0 Å². The van der Waals surface area contributed by atoms with Gasteiger partial charge in [0, 0.05) is 12.0 Å². The van der Waals surface area contributed by atoms with Crippen molar-refractivity contribution in [3.05, 3.63) is 27.7 Å². The topological polar surface area (TPSA) is 29.5 Å². The van der Waals surface area contributed by atoms with Gasteiger partial charge in [-0.05, 0) is 34.8 Å². The van der Waals surface area contributed by atoms with Crippen LogP contribution >= 0.6 is 15.9 Å². The van der Waals surface area contributed by atoms with Gasteiger partial charge < -0.3 is 9.84 Å². The van der Waals surface area contributed by atoms with E-state index in [4.69, 9.17) is 4.74 Å². The highest BCUT2D eigenvalue weighted by molar-refractivity contribution is 9.10. The molecule has 0 amide bonds. The van der Waals surface area contributed by atoms with Gasteiger partial charge in [-0.2, -0.15) is 0 Å². The van der Waals surface area contributed by atoms with Gasteiger partial charge in [-0.25, -0.2) is 8.78 Å². The lowest BCUT2D eigenvalue weighted by Gasteiger charge is -2.14. The Morgan fingerprint density at radius 1 is 1.50 bits per heavy atom. The molecule has 0 atom stereocenters. The highest BCUT2D eigenvalue weighted by Crippen LogP contribution is 2.42. The molecule has 0 radical (unpaired) electrons. The molecule has 1 fully saturated rings. The summed E-state index contributed by atoms with van der Waals surface area (Å²) in [7, 11) is 1.39. The summed E-state index contributed by atoms with van der Waals surface area (Å²) in [6.45, 7) is 0. The number of benzene rings is 1. The summed E-state index contributed by atoms with van der Waals surface area (Å²) in [6.07, 6.45) is 1.31. The molecule has 1 saturated carbocycles. The van der Waals surface area contributed by atoms with Gasteiger partial charge in [0.05, 0.1) is 17.2 Å². The molecule has 16 heavy (non-hydrogen) atoms. The Labute approximate surface area is 100 Å². The molecule has 1 aromatic rings. The second kappa shape index (κ2) is 3.96. The number of halogens is 3. The summed E-state index contributed by atoms with van der Waals surface area (Å²) < 4.78 is 32.2. The molecule has 0 bridgehead atoms. The molecule has 0 aromatic heterocycles. The van der Waals surface area contributed by atoms with Gasteiger partial charge in [0.2, 0.25) is 0 Å². The summed E-state index contributed by atoms with van der Waals surface area (Å²) in [4.78, 5) is 0. The molecule has 0 heterocycles. The minimum absolute atomic E-state index is 0.0817. The van der Waals surface area contributed by atoms with E-state index in [1.54, 1.807) is 0 Å². The van der Waals surface area contributed by atoms with Crippen molar-refractivity contribution in [3.8, 4) is 5.75 Å². The Bertz CT molecular complexity index is 430. The van der Waals surface area contributed by atoms with Crippen LogP contribution in [-0.4, -0.2) is 17.8 Å². The first kappa shape index (κ1) is 11.8. The average Bonchev–Trinajstić information content (AvgIpc) is 2.93. The number of hydrogen-bond donors (Lipinski definition) is 1. The van der Waals surface area contributed by atoms with Gasteiger partial charge in [-0.3, -0.25) is 0 Å². The Kier molecular flexibility index (Phi) is 2.92. The molecule has 0 spiro atoms. The van der Waals surface area contributed by atoms with Crippen molar-refractivity contribution in [1.82, 2.24) is 0 Å². The van der Waals surface area contributed by atoms with E-state index in [2.05, 4.69) is 15.9 Å². The number of methoxy groups -OCH3 is 1. The average molecular weight is 293 g/mol. The quantitative estimate of drug-likeness (QED) is 0.868. The van der Waals surface area contributed by atoms with E-state index in [0.717, 1.165) is 6.07 Å². The minimum Gasteiger partial charge on any atom is -0.495 e. The molecule has 88 valence electrons. The van der Waals surface area contributed by atoms with Gasteiger partial charge in [-0.15, -0.1) is 0 Å². The van der Waals surface area contributed by atoms with E-state index in [9.17, 15) is 13.9 Å². The third kappa shape index (κ3) is 2.06. The predicted molar refractivity (Wildman–Crippen MR) is 58.5 cm³/mol. The first-order chi connectivity index (χ1) is 7.47. The molecule has 1 aromatic carbocycles. The lowest BCUT2D eigenvalue weighted by Crippen LogP contribution is -2.14. The van der Waals surface area contributed by atoms with Crippen molar-refractivity contribution in [3.63, 3.8) is 0 Å². The van der Waals surface area contributed by atoms with Crippen molar-refractivity contribution < 1.29 is 18.6 Å².